The first-order valence-corrected chi connectivity index (χ1v) is 6.38. The molecule has 88 valence electrons. The number of aromatic nitrogens is 1. The maximum absolute atomic E-state index is 11.2. The predicted molar refractivity (Wildman–Crippen MR) is 62.6 cm³/mol. The van der Waals surface area contributed by atoms with Gasteiger partial charge in [0.25, 0.3) is 0 Å². The fourth-order valence-electron chi connectivity index (χ4n) is 2.14. The van der Waals surface area contributed by atoms with Gasteiger partial charge in [0, 0.05) is 11.1 Å². The lowest BCUT2D eigenvalue weighted by atomic mass is 9.95. The highest BCUT2D eigenvalue weighted by atomic mass is 32.1. The number of carboxylic acids is 1. The van der Waals surface area contributed by atoms with Crippen LogP contribution in [-0.2, 0) is 4.79 Å². The zero-order valence-electron chi connectivity index (χ0n) is 9.27. The molecule has 0 spiro atoms. The molecule has 1 aromatic rings. The molecule has 5 heteroatoms. The quantitative estimate of drug-likeness (QED) is 0.829. The molecule has 2 rings (SSSR count). The maximum atomic E-state index is 11.2. The fraction of sp³-hybridized carbons (Fsp3) is 0.636. The Labute approximate surface area is 98.7 Å². The van der Waals surface area contributed by atoms with Crippen molar-refractivity contribution in [2.45, 2.75) is 32.2 Å². The number of nitrogens with one attached hydrogen (secondary N) is 1. The third kappa shape index (κ3) is 2.41. The monoisotopic (exact) mass is 240 g/mol. The van der Waals surface area contributed by atoms with E-state index in [-0.39, 0.29) is 12.0 Å². The summed E-state index contributed by atoms with van der Waals surface area (Å²) in [5.74, 6) is -1.02. The normalized spacial score (nSPS) is 26.3. The first-order chi connectivity index (χ1) is 7.68. The molecular weight excluding hydrogens is 224 g/mol. The average molecular weight is 240 g/mol. The summed E-state index contributed by atoms with van der Waals surface area (Å²) in [7, 11) is 0. The van der Waals surface area contributed by atoms with Crippen LogP contribution >= 0.6 is 11.3 Å². The van der Waals surface area contributed by atoms with Crippen LogP contribution in [-0.4, -0.2) is 22.6 Å². The van der Waals surface area contributed by atoms with Crippen LogP contribution in [0.15, 0.2) is 6.20 Å². The molecule has 0 radical (unpaired) electrons. The maximum Gasteiger partial charge on any atom is 0.308 e. The van der Waals surface area contributed by atoms with E-state index >= 15 is 0 Å². The van der Waals surface area contributed by atoms with E-state index in [2.05, 4.69) is 10.3 Å². The van der Waals surface area contributed by atoms with E-state index in [0.29, 0.717) is 0 Å². The number of hydrogen-bond acceptors (Lipinski definition) is 4. The van der Waals surface area contributed by atoms with Crippen LogP contribution in [0, 0.1) is 12.8 Å². The smallest absolute Gasteiger partial charge is 0.308 e. The Hall–Kier alpha value is -0.940. The van der Waals surface area contributed by atoms with E-state index in [0.717, 1.165) is 35.7 Å². The molecule has 2 N–H and O–H groups in total. The van der Waals surface area contributed by atoms with Crippen LogP contribution in [0.1, 0.15) is 35.2 Å². The van der Waals surface area contributed by atoms with Gasteiger partial charge in [0.1, 0.15) is 0 Å². The molecule has 2 atom stereocenters. The van der Waals surface area contributed by atoms with Crippen molar-refractivity contribution < 1.29 is 9.90 Å². The number of aryl methyl sites for hydroxylation is 1. The largest absolute Gasteiger partial charge is 0.481 e. The zero-order chi connectivity index (χ0) is 11.5. The van der Waals surface area contributed by atoms with Crippen LogP contribution in [0.25, 0.3) is 0 Å². The Morgan fingerprint density at radius 3 is 3.06 bits per heavy atom. The number of carboxylic acid groups (broad SMARTS) is 1. The summed E-state index contributed by atoms with van der Waals surface area (Å²) in [5.41, 5.74) is 0. The molecule has 1 aliphatic rings. The van der Waals surface area contributed by atoms with Crippen molar-refractivity contribution >= 4 is 17.3 Å². The molecule has 2 heterocycles. The third-order valence-electron chi connectivity index (χ3n) is 2.97. The zero-order valence-corrected chi connectivity index (χ0v) is 10.1. The van der Waals surface area contributed by atoms with Crippen LogP contribution in [0.5, 0.6) is 0 Å². The predicted octanol–water partition coefficient (Wildman–Crippen LogP) is 1.97. The van der Waals surface area contributed by atoms with Gasteiger partial charge in [0.05, 0.1) is 17.0 Å². The fourth-order valence-corrected chi connectivity index (χ4v) is 3.07. The molecule has 1 aromatic heterocycles. The number of aliphatic carboxylic acids is 1. The number of carbonyl (C=O) groups is 1. The van der Waals surface area contributed by atoms with Crippen LogP contribution in [0.2, 0.25) is 0 Å². The molecule has 0 bridgehead atoms. The highest BCUT2D eigenvalue weighted by molar-refractivity contribution is 7.11. The summed E-state index contributed by atoms with van der Waals surface area (Å²) in [6.07, 6.45) is 4.60. The van der Waals surface area contributed by atoms with E-state index in [4.69, 9.17) is 0 Å². The number of nitrogens with zero attached hydrogens (tertiary/aromatic N) is 1. The first-order valence-electron chi connectivity index (χ1n) is 5.57. The third-order valence-corrected chi connectivity index (χ3v) is 3.97. The molecule has 1 aliphatic heterocycles. The minimum atomic E-state index is -0.703. The minimum absolute atomic E-state index is 0.0637. The molecule has 16 heavy (non-hydrogen) atoms. The van der Waals surface area contributed by atoms with Gasteiger partial charge in [0.15, 0.2) is 0 Å². The second-order valence-corrected chi connectivity index (χ2v) is 5.42. The highest BCUT2D eigenvalue weighted by Gasteiger charge is 2.31. The van der Waals surface area contributed by atoms with Gasteiger partial charge < -0.3 is 10.4 Å². The molecule has 0 aromatic carbocycles. The van der Waals surface area contributed by atoms with E-state index in [9.17, 15) is 9.90 Å². The lowest BCUT2D eigenvalue weighted by molar-refractivity contribution is -0.143. The van der Waals surface area contributed by atoms with Gasteiger partial charge in [-0.3, -0.25) is 4.79 Å². The minimum Gasteiger partial charge on any atom is -0.481 e. The van der Waals surface area contributed by atoms with Gasteiger partial charge in [-0.25, -0.2) is 4.98 Å². The van der Waals surface area contributed by atoms with Gasteiger partial charge in [-0.05, 0) is 26.3 Å². The Morgan fingerprint density at radius 1 is 1.62 bits per heavy atom. The van der Waals surface area contributed by atoms with Gasteiger partial charge in [-0.2, -0.15) is 0 Å². The molecule has 1 saturated heterocycles. The van der Waals surface area contributed by atoms with Crippen molar-refractivity contribution in [2.75, 3.05) is 6.54 Å². The van der Waals surface area contributed by atoms with E-state index < -0.39 is 5.97 Å². The van der Waals surface area contributed by atoms with Crippen molar-refractivity contribution in [1.82, 2.24) is 10.3 Å². The van der Waals surface area contributed by atoms with Gasteiger partial charge in [-0.15, -0.1) is 11.3 Å². The topological polar surface area (TPSA) is 62.2 Å². The summed E-state index contributed by atoms with van der Waals surface area (Å²) >= 11 is 1.59. The van der Waals surface area contributed by atoms with E-state index in [1.165, 1.54) is 0 Å². The molecule has 0 aliphatic carbocycles. The summed E-state index contributed by atoms with van der Waals surface area (Å²) in [6.45, 7) is 2.84. The van der Waals surface area contributed by atoms with E-state index in [1.807, 2.05) is 6.92 Å². The Bertz CT molecular complexity index is 378. The molecule has 1 fully saturated rings. The Balaban J connectivity index is 2.23. The van der Waals surface area contributed by atoms with Crippen molar-refractivity contribution in [3.8, 4) is 0 Å². The van der Waals surface area contributed by atoms with Crippen molar-refractivity contribution in [1.29, 1.82) is 0 Å². The number of thiazole rings is 1. The van der Waals surface area contributed by atoms with Gasteiger partial charge >= 0.3 is 5.97 Å². The van der Waals surface area contributed by atoms with Crippen LogP contribution in [0.4, 0.5) is 0 Å². The van der Waals surface area contributed by atoms with Gasteiger partial charge in [-0.1, -0.05) is 6.42 Å². The first kappa shape index (κ1) is 11.5. The summed E-state index contributed by atoms with van der Waals surface area (Å²) in [4.78, 5) is 16.5. The highest BCUT2D eigenvalue weighted by Crippen LogP contribution is 2.32. The van der Waals surface area contributed by atoms with Crippen LogP contribution < -0.4 is 5.32 Å². The SMILES string of the molecule is Cc1ncc([C@H]2NCCCC[C@@H]2C(=O)O)s1. The lowest BCUT2D eigenvalue weighted by Crippen LogP contribution is -2.30. The number of hydrogen-bond donors (Lipinski definition) is 2. The summed E-state index contributed by atoms with van der Waals surface area (Å²) < 4.78 is 0. The summed E-state index contributed by atoms with van der Waals surface area (Å²) in [6, 6.07) is -0.0637. The second kappa shape index (κ2) is 4.93. The molecule has 0 saturated carbocycles. The van der Waals surface area contributed by atoms with Crippen molar-refractivity contribution in [2.24, 2.45) is 5.92 Å². The second-order valence-electron chi connectivity index (χ2n) is 4.15. The summed E-state index contributed by atoms with van der Waals surface area (Å²) in [5, 5.41) is 13.6. The van der Waals surface area contributed by atoms with E-state index in [1.54, 1.807) is 17.5 Å². The van der Waals surface area contributed by atoms with Crippen molar-refractivity contribution in [3.05, 3.63) is 16.1 Å². The average Bonchev–Trinajstić information content (AvgIpc) is 2.54. The lowest BCUT2D eigenvalue weighted by Gasteiger charge is -2.20. The molecular formula is C11H16N2O2S. The molecule has 4 nitrogen and oxygen atoms in total. The number of rotatable bonds is 2. The standard InChI is InChI=1S/C11H16N2O2S/c1-7-13-6-9(16-7)10-8(11(14)15)4-2-3-5-12-10/h6,8,10,12H,2-5H2,1H3,(H,14,15)/t8-,10-/m0/s1. The van der Waals surface area contributed by atoms with Crippen LogP contribution in [0.3, 0.4) is 0 Å². The molecule has 0 amide bonds. The van der Waals surface area contributed by atoms with Gasteiger partial charge in [0.2, 0.25) is 0 Å². The van der Waals surface area contributed by atoms with Crippen molar-refractivity contribution in [3.63, 3.8) is 0 Å². The Kier molecular flexibility index (Phi) is 3.56. The molecule has 0 unspecified atom stereocenters. The Morgan fingerprint density at radius 2 is 2.44 bits per heavy atom.